The van der Waals surface area contributed by atoms with Crippen LogP contribution in [0.15, 0.2) is 48.5 Å². The SMILES string of the molecule is OC(c1ccccc1)c1cccc2c1NCC2. The van der Waals surface area contributed by atoms with Crippen LogP contribution >= 0.6 is 0 Å². The minimum absolute atomic E-state index is 0.545. The summed E-state index contributed by atoms with van der Waals surface area (Å²) < 4.78 is 0. The molecule has 0 amide bonds. The molecule has 0 saturated heterocycles. The molecule has 1 aliphatic rings. The van der Waals surface area contributed by atoms with Gasteiger partial charge in [0.05, 0.1) is 0 Å². The summed E-state index contributed by atoms with van der Waals surface area (Å²) in [5.41, 5.74) is 4.34. The summed E-state index contributed by atoms with van der Waals surface area (Å²) >= 11 is 0. The molecule has 2 nitrogen and oxygen atoms in total. The lowest BCUT2D eigenvalue weighted by Crippen LogP contribution is -2.03. The fourth-order valence-corrected chi connectivity index (χ4v) is 2.41. The Morgan fingerprint density at radius 1 is 1.00 bits per heavy atom. The minimum atomic E-state index is -0.545. The van der Waals surface area contributed by atoms with Crippen LogP contribution in [0.3, 0.4) is 0 Å². The molecule has 1 aliphatic heterocycles. The summed E-state index contributed by atoms with van der Waals surface area (Å²) in [5.74, 6) is 0. The van der Waals surface area contributed by atoms with E-state index in [1.807, 2.05) is 42.5 Å². The lowest BCUT2D eigenvalue weighted by molar-refractivity contribution is 0.221. The van der Waals surface area contributed by atoms with Crippen molar-refractivity contribution in [2.75, 3.05) is 11.9 Å². The fraction of sp³-hybridized carbons (Fsp3) is 0.200. The second-order valence-corrected chi connectivity index (χ2v) is 4.37. The molecule has 0 fully saturated rings. The monoisotopic (exact) mass is 225 g/mol. The summed E-state index contributed by atoms with van der Waals surface area (Å²) in [4.78, 5) is 0. The van der Waals surface area contributed by atoms with E-state index in [1.54, 1.807) is 0 Å². The molecular formula is C15H15NO. The number of anilines is 1. The highest BCUT2D eigenvalue weighted by atomic mass is 16.3. The van der Waals surface area contributed by atoms with Crippen LogP contribution in [0.2, 0.25) is 0 Å². The first-order valence-corrected chi connectivity index (χ1v) is 5.95. The Kier molecular flexibility index (Phi) is 2.57. The van der Waals surface area contributed by atoms with Gasteiger partial charge in [-0.05, 0) is 17.5 Å². The van der Waals surface area contributed by atoms with Crippen LogP contribution in [-0.4, -0.2) is 11.7 Å². The second-order valence-electron chi connectivity index (χ2n) is 4.37. The molecule has 1 heterocycles. The van der Waals surface area contributed by atoms with E-state index in [1.165, 1.54) is 5.56 Å². The molecule has 0 spiro atoms. The molecule has 0 saturated carbocycles. The Hall–Kier alpha value is -1.80. The maximum Gasteiger partial charge on any atom is 0.106 e. The molecular weight excluding hydrogens is 210 g/mol. The van der Waals surface area contributed by atoms with Gasteiger partial charge in [-0.1, -0.05) is 48.5 Å². The molecule has 2 N–H and O–H groups in total. The van der Waals surface area contributed by atoms with E-state index < -0.39 is 6.10 Å². The summed E-state index contributed by atoms with van der Waals surface area (Å²) in [5, 5.41) is 13.8. The number of hydrogen-bond donors (Lipinski definition) is 2. The van der Waals surface area contributed by atoms with Crippen LogP contribution in [-0.2, 0) is 6.42 Å². The van der Waals surface area contributed by atoms with E-state index in [-0.39, 0.29) is 0 Å². The van der Waals surface area contributed by atoms with Gasteiger partial charge in [-0.2, -0.15) is 0 Å². The average molecular weight is 225 g/mol. The van der Waals surface area contributed by atoms with Crippen LogP contribution in [0, 0.1) is 0 Å². The van der Waals surface area contributed by atoms with E-state index in [0.29, 0.717) is 0 Å². The van der Waals surface area contributed by atoms with Gasteiger partial charge in [0, 0.05) is 17.8 Å². The first kappa shape index (κ1) is 10.4. The van der Waals surface area contributed by atoms with Gasteiger partial charge < -0.3 is 10.4 Å². The average Bonchev–Trinajstić information content (AvgIpc) is 2.87. The number of fused-ring (bicyclic) bond motifs is 1. The molecule has 1 unspecified atom stereocenters. The minimum Gasteiger partial charge on any atom is -0.384 e. The van der Waals surface area contributed by atoms with Crippen molar-refractivity contribution in [2.24, 2.45) is 0 Å². The normalized spacial score (nSPS) is 15.1. The third-order valence-electron chi connectivity index (χ3n) is 3.29. The van der Waals surface area contributed by atoms with Crippen molar-refractivity contribution in [3.8, 4) is 0 Å². The van der Waals surface area contributed by atoms with E-state index in [9.17, 15) is 5.11 Å². The maximum absolute atomic E-state index is 10.4. The summed E-state index contributed by atoms with van der Waals surface area (Å²) in [6, 6.07) is 15.9. The molecule has 17 heavy (non-hydrogen) atoms. The van der Waals surface area contributed by atoms with Crippen LogP contribution in [0.4, 0.5) is 5.69 Å². The highest BCUT2D eigenvalue weighted by Crippen LogP contribution is 2.33. The molecule has 0 aromatic heterocycles. The number of nitrogens with one attached hydrogen (secondary N) is 1. The van der Waals surface area contributed by atoms with Gasteiger partial charge in [-0.15, -0.1) is 0 Å². The van der Waals surface area contributed by atoms with Crippen molar-refractivity contribution >= 4 is 5.69 Å². The summed E-state index contributed by atoms with van der Waals surface area (Å²) in [6.45, 7) is 0.966. The van der Waals surface area contributed by atoms with Crippen LogP contribution < -0.4 is 5.32 Å². The Morgan fingerprint density at radius 3 is 2.65 bits per heavy atom. The zero-order valence-corrected chi connectivity index (χ0v) is 9.56. The molecule has 0 aliphatic carbocycles. The van der Waals surface area contributed by atoms with Crippen molar-refractivity contribution in [1.29, 1.82) is 0 Å². The van der Waals surface area contributed by atoms with Gasteiger partial charge in [0.2, 0.25) is 0 Å². The Balaban J connectivity index is 2.03. The Labute approximate surface area is 101 Å². The number of benzene rings is 2. The van der Waals surface area contributed by atoms with Crippen molar-refractivity contribution < 1.29 is 5.11 Å². The molecule has 1 atom stereocenters. The van der Waals surface area contributed by atoms with E-state index in [4.69, 9.17) is 0 Å². The zero-order valence-electron chi connectivity index (χ0n) is 9.56. The number of hydrogen-bond acceptors (Lipinski definition) is 2. The molecule has 86 valence electrons. The van der Waals surface area contributed by atoms with Crippen LogP contribution in [0.5, 0.6) is 0 Å². The number of para-hydroxylation sites is 1. The molecule has 0 radical (unpaired) electrons. The smallest absolute Gasteiger partial charge is 0.106 e. The Bertz CT molecular complexity index is 522. The molecule has 0 bridgehead atoms. The topological polar surface area (TPSA) is 32.3 Å². The molecule has 3 rings (SSSR count). The number of aliphatic hydroxyl groups excluding tert-OH is 1. The van der Waals surface area contributed by atoms with Gasteiger partial charge in [0.15, 0.2) is 0 Å². The third kappa shape index (κ3) is 1.81. The fourth-order valence-electron chi connectivity index (χ4n) is 2.41. The quantitative estimate of drug-likeness (QED) is 0.823. The zero-order chi connectivity index (χ0) is 11.7. The predicted octanol–water partition coefficient (Wildman–Crippen LogP) is 2.74. The number of rotatable bonds is 2. The predicted molar refractivity (Wildman–Crippen MR) is 69.1 cm³/mol. The molecule has 2 aromatic rings. The number of aliphatic hydroxyl groups is 1. The van der Waals surface area contributed by atoms with Crippen LogP contribution in [0.1, 0.15) is 22.8 Å². The Morgan fingerprint density at radius 2 is 1.82 bits per heavy atom. The standard InChI is InChI=1S/C15H15NO/c17-15(12-5-2-1-3-6-12)13-8-4-7-11-9-10-16-14(11)13/h1-8,15-17H,9-10H2. The second kappa shape index (κ2) is 4.22. The van der Waals surface area contributed by atoms with E-state index in [0.717, 1.165) is 29.8 Å². The molecule has 2 heteroatoms. The van der Waals surface area contributed by atoms with Gasteiger partial charge >= 0.3 is 0 Å². The van der Waals surface area contributed by atoms with Crippen molar-refractivity contribution in [3.05, 3.63) is 65.2 Å². The van der Waals surface area contributed by atoms with Gasteiger partial charge in [0.25, 0.3) is 0 Å². The van der Waals surface area contributed by atoms with Crippen molar-refractivity contribution in [2.45, 2.75) is 12.5 Å². The summed E-state index contributed by atoms with van der Waals surface area (Å²) in [6.07, 6.45) is 0.502. The van der Waals surface area contributed by atoms with Crippen molar-refractivity contribution in [1.82, 2.24) is 0 Å². The first-order valence-electron chi connectivity index (χ1n) is 5.95. The van der Waals surface area contributed by atoms with E-state index >= 15 is 0 Å². The largest absolute Gasteiger partial charge is 0.384 e. The van der Waals surface area contributed by atoms with Gasteiger partial charge in [0.1, 0.15) is 6.10 Å². The lowest BCUT2D eigenvalue weighted by Gasteiger charge is -2.15. The maximum atomic E-state index is 10.4. The van der Waals surface area contributed by atoms with Crippen molar-refractivity contribution in [3.63, 3.8) is 0 Å². The first-order chi connectivity index (χ1) is 8.36. The highest BCUT2D eigenvalue weighted by Gasteiger charge is 2.19. The van der Waals surface area contributed by atoms with Gasteiger partial charge in [-0.3, -0.25) is 0 Å². The molecule has 2 aromatic carbocycles. The van der Waals surface area contributed by atoms with E-state index in [2.05, 4.69) is 11.4 Å². The van der Waals surface area contributed by atoms with Gasteiger partial charge in [-0.25, -0.2) is 0 Å². The summed E-state index contributed by atoms with van der Waals surface area (Å²) in [7, 11) is 0. The van der Waals surface area contributed by atoms with Crippen LogP contribution in [0.25, 0.3) is 0 Å². The third-order valence-corrected chi connectivity index (χ3v) is 3.29. The highest BCUT2D eigenvalue weighted by molar-refractivity contribution is 5.63. The lowest BCUT2D eigenvalue weighted by atomic mass is 9.98.